The second kappa shape index (κ2) is 5.46. The maximum atomic E-state index is 5.76. The van der Waals surface area contributed by atoms with Crippen molar-refractivity contribution >= 4 is 40.0 Å². The molecule has 1 rings (SSSR count). The molecule has 0 saturated carbocycles. The van der Waals surface area contributed by atoms with Crippen molar-refractivity contribution in [2.45, 2.75) is 3.38 Å². The van der Waals surface area contributed by atoms with Gasteiger partial charge in [0.1, 0.15) is 3.38 Å². The van der Waals surface area contributed by atoms with Crippen LogP contribution in [-0.2, 0) is 0 Å². The van der Waals surface area contributed by atoms with Crippen molar-refractivity contribution in [3.05, 3.63) is 35.5 Å². The molecule has 70 valence electrons. The zero-order valence-electron chi connectivity index (χ0n) is 6.85. The van der Waals surface area contributed by atoms with Crippen LogP contribution in [0.2, 0.25) is 0 Å². The quantitative estimate of drug-likeness (QED) is 0.386. The first-order chi connectivity index (χ1) is 6.20. The first-order valence-corrected chi connectivity index (χ1v) is 5.81. The highest BCUT2D eigenvalue weighted by atomic mass is 127. The molecule has 0 radical (unpaired) electrons. The van der Waals surface area contributed by atoms with Crippen LogP contribution >= 0.6 is 34.4 Å². The molecule has 1 unspecified atom stereocenters. The molecule has 5 heteroatoms. The number of halogens is 1. The lowest BCUT2D eigenvalue weighted by Gasteiger charge is -2.01. The van der Waals surface area contributed by atoms with Crippen molar-refractivity contribution < 1.29 is 0 Å². The Kier molecular flexibility index (Phi) is 4.54. The number of rotatable bonds is 3. The van der Waals surface area contributed by atoms with Crippen molar-refractivity contribution in [2.75, 3.05) is 0 Å². The van der Waals surface area contributed by atoms with E-state index in [9.17, 15) is 0 Å². The summed E-state index contributed by atoms with van der Waals surface area (Å²) in [6, 6.07) is 5.62. The first kappa shape index (κ1) is 10.8. The van der Waals surface area contributed by atoms with Gasteiger partial charge in [-0.05, 0) is 17.5 Å². The third-order valence-corrected chi connectivity index (χ3v) is 2.82. The van der Waals surface area contributed by atoms with Gasteiger partial charge in [0, 0.05) is 6.20 Å². The molecule has 0 amide bonds. The summed E-state index contributed by atoms with van der Waals surface area (Å²) in [7, 11) is 0. The van der Waals surface area contributed by atoms with Crippen LogP contribution in [0.3, 0.4) is 0 Å². The van der Waals surface area contributed by atoms with E-state index < -0.39 is 0 Å². The summed E-state index contributed by atoms with van der Waals surface area (Å²) in [5.74, 6) is 0. The van der Waals surface area contributed by atoms with Crippen LogP contribution in [0.4, 0.5) is 0 Å². The molecule has 1 atom stereocenters. The minimum Gasteiger partial charge on any atom is -0.397 e. The van der Waals surface area contributed by atoms with Crippen LogP contribution in [0, 0.1) is 0 Å². The summed E-state index contributed by atoms with van der Waals surface area (Å²) in [4.78, 5) is 4.11. The number of thioether (sulfide) groups is 1. The fourth-order valence-electron chi connectivity index (χ4n) is 0.732. The molecule has 13 heavy (non-hydrogen) atoms. The minimum atomic E-state index is 0.0277. The van der Waals surface area contributed by atoms with Gasteiger partial charge in [0.05, 0.1) is 11.4 Å². The third-order valence-electron chi connectivity index (χ3n) is 1.29. The molecule has 0 saturated heterocycles. The van der Waals surface area contributed by atoms with Gasteiger partial charge in [-0.1, -0.05) is 28.7 Å². The van der Waals surface area contributed by atoms with Gasteiger partial charge in [0.15, 0.2) is 0 Å². The van der Waals surface area contributed by atoms with E-state index in [1.165, 1.54) is 11.8 Å². The van der Waals surface area contributed by atoms with Gasteiger partial charge in [0.2, 0.25) is 0 Å². The number of pyridine rings is 1. The topological polar surface area (TPSA) is 64.9 Å². The fourth-order valence-corrected chi connectivity index (χ4v) is 1.57. The van der Waals surface area contributed by atoms with Crippen molar-refractivity contribution in [1.82, 2.24) is 4.98 Å². The molecule has 0 fully saturated rings. The van der Waals surface area contributed by atoms with Crippen molar-refractivity contribution in [2.24, 2.45) is 11.5 Å². The van der Waals surface area contributed by atoms with Gasteiger partial charge < -0.3 is 11.5 Å². The van der Waals surface area contributed by atoms with Crippen molar-refractivity contribution in [1.29, 1.82) is 0 Å². The Bertz CT molecular complexity index is 287. The summed E-state index contributed by atoms with van der Waals surface area (Å²) in [5, 5.41) is 1.82. The Labute approximate surface area is 95.1 Å². The molecule has 1 heterocycles. The Balaban J connectivity index is 2.68. The monoisotopic (exact) mass is 307 g/mol. The van der Waals surface area contributed by atoms with Crippen LogP contribution in [0.25, 0.3) is 5.70 Å². The van der Waals surface area contributed by atoms with Crippen molar-refractivity contribution in [3.63, 3.8) is 0 Å². The van der Waals surface area contributed by atoms with Crippen LogP contribution < -0.4 is 11.5 Å². The third kappa shape index (κ3) is 3.97. The first-order valence-electron chi connectivity index (χ1n) is 3.62. The number of aromatic nitrogens is 1. The highest BCUT2D eigenvalue weighted by Crippen LogP contribution is 2.17. The second-order valence-electron chi connectivity index (χ2n) is 2.28. The van der Waals surface area contributed by atoms with Crippen LogP contribution in [0.5, 0.6) is 0 Å². The zero-order valence-corrected chi connectivity index (χ0v) is 9.83. The predicted octanol–water partition coefficient (Wildman–Crippen LogP) is 1.75. The average molecular weight is 307 g/mol. The van der Waals surface area contributed by atoms with Gasteiger partial charge in [-0.25, -0.2) is 0 Å². The Morgan fingerprint density at radius 1 is 1.62 bits per heavy atom. The van der Waals surface area contributed by atoms with E-state index in [0.717, 1.165) is 5.69 Å². The van der Waals surface area contributed by atoms with E-state index in [1.54, 1.807) is 6.20 Å². The molecule has 1 aromatic rings. The normalized spacial score (nSPS) is 14.2. The summed E-state index contributed by atoms with van der Waals surface area (Å²) in [5.41, 5.74) is 12.7. The Hall–Kier alpha value is -0.270. The maximum absolute atomic E-state index is 5.76. The summed E-state index contributed by atoms with van der Waals surface area (Å²) in [6.45, 7) is 0. The Morgan fingerprint density at radius 3 is 2.92 bits per heavy atom. The van der Waals surface area contributed by atoms with Gasteiger partial charge in [-0.3, -0.25) is 4.98 Å². The van der Waals surface area contributed by atoms with Gasteiger partial charge in [-0.2, -0.15) is 0 Å². The molecule has 0 aromatic carbocycles. The SMILES string of the molecule is N/C(=C\SC(N)I)c1ccccn1. The number of nitrogens with two attached hydrogens (primary N) is 2. The van der Waals surface area contributed by atoms with Gasteiger partial charge in [-0.15, -0.1) is 11.8 Å². The molecule has 0 aliphatic carbocycles. The average Bonchev–Trinajstić information content (AvgIpc) is 2.15. The second-order valence-corrected chi connectivity index (χ2v) is 5.48. The molecule has 0 aliphatic rings. The standard InChI is InChI=1S/C8H10IN3S/c9-8(11)13-5-6(10)7-3-1-2-4-12-7/h1-5,8H,10-11H2/b6-5-. The van der Waals surface area contributed by atoms with E-state index in [4.69, 9.17) is 11.5 Å². The lowest BCUT2D eigenvalue weighted by molar-refractivity contribution is 1.26. The largest absolute Gasteiger partial charge is 0.397 e. The number of hydrogen-bond donors (Lipinski definition) is 2. The smallest absolute Gasteiger partial charge is 0.107 e. The number of alkyl halides is 1. The minimum absolute atomic E-state index is 0.0277. The predicted molar refractivity (Wildman–Crippen MR) is 66.0 cm³/mol. The highest BCUT2D eigenvalue weighted by Gasteiger charge is 1.97. The molecule has 3 nitrogen and oxygen atoms in total. The molecular formula is C8H10IN3S. The van der Waals surface area contributed by atoms with E-state index in [-0.39, 0.29) is 3.38 Å². The summed E-state index contributed by atoms with van der Waals surface area (Å²) < 4.78 is 0.0277. The van der Waals surface area contributed by atoms with Gasteiger partial charge in [0.25, 0.3) is 0 Å². The Morgan fingerprint density at radius 2 is 2.38 bits per heavy atom. The highest BCUT2D eigenvalue weighted by molar-refractivity contribution is 14.1. The lowest BCUT2D eigenvalue weighted by atomic mass is 10.3. The van der Waals surface area contributed by atoms with E-state index in [1.807, 2.05) is 23.6 Å². The zero-order chi connectivity index (χ0) is 9.68. The summed E-state index contributed by atoms with van der Waals surface area (Å²) in [6.07, 6.45) is 1.71. The fraction of sp³-hybridized carbons (Fsp3) is 0.125. The number of nitrogens with zero attached hydrogens (tertiary/aromatic N) is 1. The van der Waals surface area contributed by atoms with Crippen LogP contribution in [0.15, 0.2) is 29.8 Å². The molecule has 1 aromatic heterocycles. The van der Waals surface area contributed by atoms with E-state index in [0.29, 0.717) is 5.70 Å². The van der Waals surface area contributed by atoms with E-state index in [2.05, 4.69) is 27.6 Å². The van der Waals surface area contributed by atoms with Crippen LogP contribution in [-0.4, -0.2) is 8.36 Å². The van der Waals surface area contributed by atoms with Crippen molar-refractivity contribution in [3.8, 4) is 0 Å². The molecule has 0 spiro atoms. The molecule has 0 aliphatic heterocycles. The maximum Gasteiger partial charge on any atom is 0.107 e. The van der Waals surface area contributed by atoms with E-state index >= 15 is 0 Å². The molecule has 0 bridgehead atoms. The lowest BCUT2D eigenvalue weighted by Crippen LogP contribution is -2.04. The molecular weight excluding hydrogens is 297 g/mol. The molecule has 4 N–H and O–H groups in total. The number of hydrogen-bond acceptors (Lipinski definition) is 4. The van der Waals surface area contributed by atoms with Gasteiger partial charge >= 0.3 is 0 Å². The summed E-state index contributed by atoms with van der Waals surface area (Å²) >= 11 is 3.59. The van der Waals surface area contributed by atoms with Crippen LogP contribution in [0.1, 0.15) is 5.69 Å².